The molecule has 192 valence electrons. The fourth-order valence-corrected chi connectivity index (χ4v) is 5.76. The summed E-state index contributed by atoms with van der Waals surface area (Å²) in [7, 11) is 0.0562. The third-order valence-corrected chi connectivity index (χ3v) is 8.51. The molecule has 0 bridgehead atoms. The molecule has 5 rings (SSSR count). The van der Waals surface area contributed by atoms with Crippen LogP contribution in [0, 0.1) is 32.8 Å². The van der Waals surface area contributed by atoms with Crippen LogP contribution in [0.25, 0.3) is 0 Å². The van der Waals surface area contributed by atoms with Crippen LogP contribution < -0.4 is 0 Å². The van der Waals surface area contributed by atoms with Gasteiger partial charge in [0.2, 0.25) is 0 Å². The van der Waals surface area contributed by atoms with E-state index in [0.29, 0.717) is 5.04 Å². The van der Waals surface area contributed by atoms with E-state index in [2.05, 4.69) is 53.7 Å². The second-order valence-corrected chi connectivity index (χ2v) is 13.9. The molecule has 1 atom stereocenters. The SMILES string of the molecule is CC(C)(C)[SiH2]CC1[C-]=CC2=C1CCCC2.[CH2-]c1ccccc1.[CH2-]c1ccccc1.[CH2-]c1ccccc1.[Ti+4]. The van der Waals surface area contributed by atoms with E-state index in [-0.39, 0.29) is 31.2 Å². The summed E-state index contributed by atoms with van der Waals surface area (Å²) in [4.78, 5) is 0. The van der Waals surface area contributed by atoms with Crippen molar-refractivity contribution < 1.29 is 21.7 Å². The van der Waals surface area contributed by atoms with Crippen LogP contribution in [-0.2, 0) is 21.7 Å². The largest absolute Gasteiger partial charge is 4.00 e. The third kappa shape index (κ3) is 14.9. The minimum absolute atomic E-state index is 0. The number of hydrogen-bond acceptors (Lipinski definition) is 0. The number of allylic oxidation sites excluding steroid dienone is 4. The van der Waals surface area contributed by atoms with Crippen molar-refractivity contribution in [2.45, 2.75) is 57.5 Å². The van der Waals surface area contributed by atoms with E-state index in [0.717, 1.165) is 22.6 Å². The molecule has 2 aliphatic rings. The van der Waals surface area contributed by atoms with Crippen molar-refractivity contribution in [3.8, 4) is 0 Å². The molecule has 0 amide bonds. The molecule has 1 unspecified atom stereocenters. The van der Waals surface area contributed by atoms with Crippen LogP contribution >= 0.6 is 0 Å². The van der Waals surface area contributed by atoms with E-state index in [1.807, 2.05) is 91.0 Å². The molecule has 37 heavy (non-hydrogen) atoms. The van der Waals surface area contributed by atoms with Gasteiger partial charge in [0.05, 0.1) is 0 Å². The molecule has 0 radical (unpaired) electrons. The van der Waals surface area contributed by atoms with Crippen LogP contribution in [0.2, 0.25) is 11.1 Å². The minimum atomic E-state index is 0. The summed E-state index contributed by atoms with van der Waals surface area (Å²) in [5.74, 6) is 0.728. The predicted octanol–water partition coefficient (Wildman–Crippen LogP) is 9.26. The van der Waals surface area contributed by atoms with Gasteiger partial charge in [0, 0.05) is 9.52 Å². The Bertz CT molecular complexity index is 942. The Labute approximate surface area is 245 Å². The Morgan fingerprint density at radius 3 is 1.46 bits per heavy atom. The fraction of sp³-hybridized carbons (Fsp3) is 0.286. The molecule has 0 aromatic heterocycles. The quantitative estimate of drug-likeness (QED) is 0.224. The van der Waals surface area contributed by atoms with E-state index in [1.54, 1.807) is 11.1 Å². The topological polar surface area (TPSA) is 0 Å². The van der Waals surface area contributed by atoms with Crippen LogP contribution in [0.3, 0.4) is 0 Å². The van der Waals surface area contributed by atoms with Gasteiger partial charge in [0.15, 0.2) is 0 Å². The molecule has 3 aromatic carbocycles. The zero-order valence-electron chi connectivity index (χ0n) is 23.2. The van der Waals surface area contributed by atoms with Crippen LogP contribution in [0.15, 0.2) is 108 Å². The molecule has 2 heteroatoms. The zero-order valence-corrected chi connectivity index (χ0v) is 26.2. The number of rotatable bonds is 2. The second-order valence-electron chi connectivity index (χ2n) is 10.7. The maximum absolute atomic E-state index is 3.72. The molecule has 0 saturated carbocycles. The van der Waals surface area contributed by atoms with Gasteiger partial charge in [0.25, 0.3) is 0 Å². The van der Waals surface area contributed by atoms with Crippen LogP contribution in [0.4, 0.5) is 0 Å². The average molecular weight is 541 g/mol. The second kappa shape index (κ2) is 18.0. The van der Waals surface area contributed by atoms with Gasteiger partial charge in [-0.25, -0.2) is 6.08 Å². The molecule has 0 N–H and O–H groups in total. The molecule has 0 spiro atoms. The molecule has 0 aliphatic heterocycles. The predicted molar refractivity (Wildman–Crippen MR) is 163 cm³/mol. The average Bonchev–Trinajstić information content (AvgIpc) is 3.28. The fourth-order valence-electron chi connectivity index (χ4n) is 4.09. The standard InChI is InChI=1S/C14H23Si.3C7H7.Ti/c1-14(2,3)15-10-12-9-8-11-6-4-5-7-13(11)12;3*1-7-5-3-2-4-6-7;/h8,12H,4-7,10,15H2,1-3H3;3*2-6H,1H2;/q4*-1;+4. The van der Waals surface area contributed by atoms with Gasteiger partial charge in [-0.2, -0.15) is 85.0 Å². The molecule has 0 heterocycles. The first-order valence-corrected chi connectivity index (χ1v) is 14.9. The summed E-state index contributed by atoms with van der Waals surface area (Å²) in [6, 6.07) is 31.1. The molecule has 0 fully saturated rings. The number of hydrogen-bond donors (Lipinski definition) is 0. The van der Waals surface area contributed by atoms with Crippen molar-refractivity contribution in [1.82, 2.24) is 0 Å². The summed E-state index contributed by atoms with van der Waals surface area (Å²) in [6.07, 6.45) is 11.4. The monoisotopic (exact) mass is 540 g/mol. The van der Waals surface area contributed by atoms with Gasteiger partial charge in [-0.3, -0.25) is 6.08 Å². The summed E-state index contributed by atoms with van der Waals surface area (Å²) in [5, 5.41) is 0.611. The van der Waals surface area contributed by atoms with Crippen molar-refractivity contribution in [3.63, 3.8) is 0 Å². The maximum atomic E-state index is 3.72. The summed E-state index contributed by atoms with van der Waals surface area (Å²) >= 11 is 0. The molecular weight excluding hydrogens is 496 g/mol. The maximum Gasteiger partial charge on any atom is 4.00 e. The Kier molecular flexibility index (Phi) is 15.9. The van der Waals surface area contributed by atoms with Crippen LogP contribution in [0.1, 0.15) is 63.1 Å². The van der Waals surface area contributed by atoms with E-state index < -0.39 is 0 Å². The zero-order chi connectivity index (χ0) is 26.2. The summed E-state index contributed by atoms with van der Waals surface area (Å²) < 4.78 is 0. The van der Waals surface area contributed by atoms with E-state index in [4.69, 9.17) is 0 Å². The summed E-state index contributed by atoms with van der Waals surface area (Å²) in [6.45, 7) is 18.4. The third-order valence-electron chi connectivity index (χ3n) is 6.15. The Morgan fingerprint density at radius 1 is 0.703 bits per heavy atom. The Balaban J connectivity index is 0.000000264. The molecular formula is C35H44SiTi. The van der Waals surface area contributed by atoms with Crippen molar-refractivity contribution in [2.75, 3.05) is 0 Å². The normalized spacial score (nSPS) is 15.7. The first-order valence-electron chi connectivity index (χ1n) is 13.2. The molecule has 0 nitrogen and oxygen atoms in total. The minimum Gasteiger partial charge on any atom is -0.269 e. The van der Waals surface area contributed by atoms with Crippen molar-refractivity contribution >= 4 is 9.52 Å². The van der Waals surface area contributed by atoms with Gasteiger partial charge < -0.3 is 0 Å². The van der Waals surface area contributed by atoms with Crippen LogP contribution in [-0.4, -0.2) is 9.52 Å². The molecule has 0 saturated heterocycles. The van der Waals surface area contributed by atoms with Gasteiger partial charge in [-0.05, 0) is 11.5 Å². The van der Waals surface area contributed by atoms with Gasteiger partial charge in [-0.1, -0.05) is 70.2 Å². The van der Waals surface area contributed by atoms with Crippen molar-refractivity contribution in [3.05, 3.63) is 152 Å². The smallest absolute Gasteiger partial charge is 0.269 e. The van der Waals surface area contributed by atoms with Gasteiger partial charge in [0.1, 0.15) is 0 Å². The van der Waals surface area contributed by atoms with E-state index in [9.17, 15) is 0 Å². The summed E-state index contributed by atoms with van der Waals surface area (Å²) in [5.41, 5.74) is 6.62. The molecule has 3 aromatic rings. The van der Waals surface area contributed by atoms with Crippen molar-refractivity contribution in [1.29, 1.82) is 0 Å². The Morgan fingerprint density at radius 2 is 1.11 bits per heavy atom. The van der Waals surface area contributed by atoms with E-state index in [1.165, 1.54) is 31.7 Å². The van der Waals surface area contributed by atoms with Crippen molar-refractivity contribution in [2.24, 2.45) is 5.92 Å². The van der Waals surface area contributed by atoms with Gasteiger partial charge >= 0.3 is 21.7 Å². The molecule has 2 aliphatic carbocycles. The number of benzene rings is 3. The van der Waals surface area contributed by atoms with Crippen LogP contribution in [0.5, 0.6) is 0 Å². The first kappa shape index (κ1) is 32.7. The van der Waals surface area contributed by atoms with Gasteiger partial charge in [-0.15, -0.1) is 36.4 Å². The van der Waals surface area contributed by atoms with E-state index >= 15 is 0 Å². The first-order chi connectivity index (χ1) is 17.2. The Hall–Kier alpha value is -2.32.